The number of phosphoric ester groups is 1. The van der Waals surface area contributed by atoms with Gasteiger partial charge in [-0.2, -0.15) is 0 Å². The Morgan fingerprint density at radius 3 is 1.40 bits per heavy atom. The maximum atomic E-state index is 12.3. The van der Waals surface area contributed by atoms with Crippen LogP contribution in [0.4, 0.5) is 0 Å². The molecule has 0 aliphatic heterocycles. The molecule has 3 unspecified atom stereocenters. The number of carbonyl (C=O) groups excluding carboxylic acids is 2. The Morgan fingerprint density at radius 2 is 0.925 bits per heavy atom. The molecule has 0 heterocycles. The van der Waals surface area contributed by atoms with Crippen molar-refractivity contribution in [1.82, 2.24) is 0 Å². The van der Waals surface area contributed by atoms with E-state index >= 15 is 0 Å². The molecule has 0 aromatic heterocycles. The minimum atomic E-state index is -4.66. The Hall–Kier alpha value is -2.59. The summed E-state index contributed by atoms with van der Waals surface area (Å²) < 4.78 is 32.4. The first kappa shape index (κ1) is 50.4. The summed E-state index contributed by atoms with van der Waals surface area (Å²) in [5, 5.41) is 19.1. The number of rotatable bonds is 36. The lowest BCUT2D eigenvalue weighted by Crippen LogP contribution is -2.28. The number of hydrogen-bond acceptors (Lipinski definition) is 9. The molecule has 3 N–H and O–H groups in total. The second-order valence-corrected chi connectivity index (χ2v) is 14.3. The van der Waals surface area contributed by atoms with Crippen LogP contribution in [0.3, 0.4) is 0 Å². The van der Waals surface area contributed by atoms with Crippen LogP contribution in [0, 0.1) is 0 Å². The van der Waals surface area contributed by atoms with E-state index < -0.39 is 58.4 Å². The number of unbranched alkanes of at least 4 members (excludes halogenated alkanes) is 10. The molecule has 0 saturated heterocycles. The van der Waals surface area contributed by atoms with Crippen molar-refractivity contribution in [2.45, 2.75) is 154 Å². The molecule has 0 amide bonds. The molecule has 304 valence electrons. The van der Waals surface area contributed by atoms with E-state index in [-0.39, 0.29) is 12.8 Å². The van der Waals surface area contributed by atoms with E-state index in [4.69, 9.17) is 18.5 Å². The fourth-order valence-corrected chi connectivity index (χ4v) is 5.65. The van der Waals surface area contributed by atoms with Crippen LogP contribution in [-0.2, 0) is 32.7 Å². The molecule has 0 radical (unpaired) electrons. The Bertz CT molecular complexity index is 1110. The molecule has 0 rings (SSSR count). The monoisotopic (exact) mass is 766 g/mol. The van der Waals surface area contributed by atoms with Crippen LogP contribution < -0.4 is 0 Å². The first-order valence-corrected chi connectivity index (χ1v) is 21.4. The van der Waals surface area contributed by atoms with E-state index in [9.17, 15) is 29.3 Å². The minimum Gasteiger partial charge on any atom is -0.457 e. The van der Waals surface area contributed by atoms with Gasteiger partial charge in [0, 0.05) is 12.8 Å². The van der Waals surface area contributed by atoms with Crippen molar-refractivity contribution in [3.05, 3.63) is 72.9 Å². The minimum absolute atomic E-state index is 0.0670. The normalized spacial score (nSPS) is 14.7. The first-order valence-electron chi connectivity index (χ1n) is 19.9. The molecule has 0 aliphatic carbocycles. The van der Waals surface area contributed by atoms with Crippen molar-refractivity contribution in [3.8, 4) is 0 Å². The highest BCUT2D eigenvalue weighted by molar-refractivity contribution is 7.47. The predicted molar refractivity (Wildman–Crippen MR) is 214 cm³/mol. The van der Waals surface area contributed by atoms with Gasteiger partial charge in [0.25, 0.3) is 0 Å². The number of aliphatic hydroxyl groups excluding tert-OH is 2. The highest BCUT2D eigenvalue weighted by Crippen LogP contribution is 2.43. The van der Waals surface area contributed by atoms with Gasteiger partial charge in [-0.05, 0) is 70.6 Å². The van der Waals surface area contributed by atoms with E-state index in [2.05, 4.69) is 68.5 Å². The molecule has 0 saturated carbocycles. The zero-order valence-corrected chi connectivity index (χ0v) is 33.6. The van der Waals surface area contributed by atoms with Crippen molar-refractivity contribution in [1.29, 1.82) is 0 Å². The summed E-state index contributed by atoms with van der Waals surface area (Å²) in [6.07, 6.45) is 41.8. The van der Waals surface area contributed by atoms with Gasteiger partial charge in [0.2, 0.25) is 0 Å². The van der Waals surface area contributed by atoms with Crippen molar-refractivity contribution in [2.24, 2.45) is 0 Å². The number of hydrogen-bond donors (Lipinski definition) is 3. The molecule has 0 bridgehead atoms. The van der Waals surface area contributed by atoms with Crippen molar-refractivity contribution >= 4 is 19.8 Å². The number of allylic oxidation sites excluding steroid dienone is 12. The molecule has 0 spiro atoms. The number of aliphatic hydroxyl groups is 2. The topological polar surface area (TPSA) is 149 Å². The standard InChI is InChI=1S/C42H71O10P/c1-3-5-7-9-11-13-15-17-18-19-20-22-24-26-28-30-32-34-42(46)52-40(36-44)38-50-53(47,48)49-37-39(35-43)51-41(45)33-31-29-27-25-23-21-16-14-12-10-8-6-4-2/h6,8,11-14,17-18,21,23,27,29,39-40,43-44H,3-5,7,9-10,15-16,19-20,22,24-26,28,30-38H2,1-2H3,(H,47,48)/b8-6-,13-11-,14-12-,18-17-,23-21-,29-27-. The van der Waals surface area contributed by atoms with Crippen LogP contribution in [0.25, 0.3) is 0 Å². The van der Waals surface area contributed by atoms with Crippen molar-refractivity contribution < 1.29 is 47.8 Å². The Morgan fingerprint density at radius 1 is 0.528 bits per heavy atom. The molecule has 10 nitrogen and oxygen atoms in total. The number of carbonyl (C=O) groups is 2. The van der Waals surface area contributed by atoms with Gasteiger partial charge >= 0.3 is 19.8 Å². The number of phosphoric acid groups is 1. The molecular weight excluding hydrogens is 695 g/mol. The van der Waals surface area contributed by atoms with Gasteiger partial charge in [0.15, 0.2) is 0 Å². The summed E-state index contributed by atoms with van der Waals surface area (Å²) in [4.78, 5) is 34.4. The van der Waals surface area contributed by atoms with Crippen LogP contribution >= 0.6 is 7.82 Å². The largest absolute Gasteiger partial charge is 0.472 e. The molecule has 0 fully saturated rings. The Labute approximate surface area is 320 Å². The average Bonchev–Trinajstić information content (AvgIpc) is 3.14. The molecule has 3 atom stereocenters. The summed E-state index contributed by atoms with van der Waals surface area (Å²) >= 11 is 0. The third-order valence-corrected chi connectivity index (χ3v) is 8.87. The van der Waals surface area contributed by atoms with E-state index in [0.29, 0.717) is 12.8 Å². The zero-order valence-electron chi connectivity index (χ0n) is 32.7. The van der Waals surface area contributed by atoms with Crippen molar-refractivity contribution in [3.63, 3.8) is 0 Å². The summed E-state index contributed by atoms with van der Waals surface area (Å²) in [7, 11) is -4.66. The molecular formula is C42H71O10P. The maximum Gasteiger partial charge on any atom is 0.472 e. The SMILES string of the molecule is CC/C=C\C/C=C\C/C=C\C/C=C\CCC(=O)OC(CO)COP(=O)(O)OCC(CO)OC(=O)CCCCCCCCC/C=C\C/C=C\CCCCC. The van der Waals surface area contributed by atoms with Gasteiger partial charge in [-0.3, -0.25) is 18.6 Å². The smallest absolute Gasteiger partial charge is 0.457 e. The van der Waals surface area contributed by atoms with Crippen LogP contribution in [0.1, 0.15) is 142 Å². The fraction of sp³-hybridized carbons (Fsp3) is 0.667. The maximum absolute atomic E-state index is 12.3. The van der Waals surface area contributed by atoms with Crippen LogP contribution in [0.5, 0.6) is 0 Å². The summed E-state index contributed by atoms with van der Waals surface area (Å²) in [6.45, 7) is 1.95. The van der Waals surface area contributed by atoms with Gasteiger partial charge in [-0.1, -0.05) is 132 Å². The van der Waals surface area contributed by atoms with Crippen LogP contribution in [0.2, 0.25) is 0 Å². The van der Waals surface area contributed by atoms with Crippen molar-refractivity contribution in [2.75, 3.05) is 26.4 Å². The zero-order chi connectivity index (χ0) is 39.1. The van der Waals surface area contributed by atoms with Gasteiger partial charge in [0.1, 0.15) is 12.2 Å². The van der Waals surface area contributed by atoms with E-state index in [1.807, 2.05) is 18.2 Å². The quantitative estimate of drug-likeness (QED) is 0.0243. The van der Waals surface area contributed by atoms with E-state index in [1.54, 1.807) is 0 Å². The average molecular weight is 767 g/mol. The highest BCUT2D eigenvalue weighted by atomic mass is 31.2. The Balaban J connectivity index is 4.05. The lowest BCUT2D eigenvalue weighted by Gasteiger charge is -2.20. The van der Waals surface area contributed by atoms with E-state index in [0.717, 1.165) is 64.2 Å². The second kappa shape index (κ2) is 37.7. The third-order valence-electron chi connectivity index (χ3n) is 7.92. The van der Waals surface area contributed by atoms with E-state index in [1.165, 1.54) is 38.5 Å². The second-order valence-electron chi connectivity index (χ2n) is 12.9. The lowest BCUT2D eigenvalue weighted by atomic mass is 10.1. The lowest BCUT2D eigenvalue weighted by molar-refractivity contribution is -0.153. The molecule has 0 aliphatic rings. The highest BCUT2D eigenvalue weighted by Gasteiger charge is 2.27. The van der Waals surface area contributed by atoms with Gasteiger partial charge in [0.05, 0.1) is 26.4 Å². The van der Waals surface area contributed by atoms with Crippen LogP contribution in [-0.4, -0.2) is 65.7 Å². The van der Waals surface area contributed by atoms with Gasteiger partial charge in [-0.25, -0.2) is 4.57 Å². The molecule has 11 heteroatoms. The first-order chi connectivity index (χ1) is 25.8. The molecule has 0 aromatic carbocycles. The number of esters is 2. The molecule has 53 heavy (non-hydrogen) atoms. The Kier molecular flexibility index (Phi) is 35.9. The predicted octanol–water partition coefficient (Wildman–Crippen LogP) is 10.1. The summed E-state index contributed by atoms with van der Waals surface area (Å²) in [5.74, 6) is -1.12. The number of ether oxygens (including phenoxy) is 2. The third kappa shape index (κ3) is 36.2. The fourth-order valence-electron chi connectivity index (χ4n) is 4.86. The molecule has 0 aromatic rings. The van der Waals surface area contributed by atoms with Gasteiger partial charge in [-0.15, -0.1) is 0 Å². The summed E-state index contributed by atoms with van der Waals surface area (Å²) in [5.41, 5.74) is 0. The van der Waals surface area contributed by atoms with Gasteiger partial charge < -0.3 is 24.6 Å². The summed E-state index contributed by atoms with van der Waals surface area (Å²) in [6, 6.07) is 0. The van der Waals surface area contributed by atoms with Crippen LogP contribution in [0.15, 0.2) is 72.9 Å².